The first kappa shape index (κ1) is 23.4. The molecular weight excluding hydrogens is 416 g/mol. The van der Waals surface area contributed by atoms with Crippen molar-refractivity contribution >= 4 is 40.7 Å². The van der Waals surface area contributed by atoms with Gasteiger partial charge >= 0.3 is 5.97 Å². The number of carbonyl (C=O) groups is 1. The van der Waals surface area contributed by atoms with Crippen LogP contribution in [-0.2, 0) is 20.0 Å². The predicted octanol–water partition coefficient (Wildman–Crippen LogP) is 5.69. The Labute approximate surface area is 196 Å². The maximum absolute atomic E-state index is 12.3. The molecule has 32 heavy (non-hydrogen) atoms. The van der Waals surface area contributed by atoms with E-state index in [0.717, 1.165) is 30.9 Å². The van der Waals surface area contributed by atoms with Crippen molar-refractivity contribution < 1.29 is 14.3 Å². The van der Waals surface area contributed by atoms with Gasteiger partial charge in [-0.25, -0.2) is 0 Å². The fourth-order valence-corrected chi connectivity index (χ4v) is 5.72. The number of esters is 1. The average molecular weight is 453 g/mol. The second-order valence-corrected chi connectivity index (χ2v) is 10.2. The lowest BCUT2D eigenvalue weighted by Crippen LogP contribution is -2.23. The third-order valence-corrected chi connectivity index (χ3v) is 7.64. The molecule has 0 amide bonds. The van der Waals surface area contributed by atoms with Crippen molar-refractivity contribution in [2.75, 3.05) is 12.4 Å². The molecular formula is C28H36O3S. The van der Waals surface area contributed by atoms with Crippen LogP contribution in [0.15, 0.2) is 30.3 Å². The van der Waals surface area contributed by atoms with E-state index < -0.39 is 6.29 Å². The number of rotatable bonds is 9. The first-order chi connectivity index (χ1) is 15.7. The maximum atomic E-state index is 12.3. The van der Waals surface area contributed by atoms with Crippen molar-refractivity contribution in [2.24, 2.45) is 5.92 Å². The fraction of sp³-hybridized carbons (Fsp3) is 0.536. The van der Waals surface area contributed by atoms with Crippen LogP contribution in [0.1, 0.15) is 70.3 Å². The van der Waals surface area contributed by atoms with Gasteiger partial charge in [0.2, 0.25) is 0 Å². The molecule has 0 heterocycles. The Hall–Kier alpha value is -1.78. The monoisotopic (exact) mass is 452 g/mol. The molecule has 0 N–H and O–H groups in total. The van der Waals surface area contributed by atoms with Gasteiger partial charge in [0.15, 0.2) is 6.29 Å². The van der Waals surface area contributed by atoms with Gasteiger partial charge in [-0.1, -0.05) is 62.5 Å². The SMILES string of the molecule is CC(OCCC1CCCCC1)OC(=O)CSCc1cccc2cc3c(cc12)=CCCCC=3. The Bertz CT molecular complexity index is 1020. The zero-order valence-electron chi connectivity index (χ0n) is 19.3. The van der Waals surface area contributed by atoms with E-state index in [1.165, 1.54) is 65.3 Å². The minimum absolute atomic E-state index is 0.197. The third kappa shape index (κ3) is 6.62. The first-order valence-corrected chi connectivity index (χ1v) is 13.5. The Morgan fingerprint density at radius 1 is 1.06 bits per heavy atom. The Balaban J connectivity index is 1.25. The minimum Gasteiger partial charge on any atom is -0.435 e. The molecule has 0 bridgehead atoms. The Morgan fingerprint density at radius 2 is 1.84 bits per heavy atom. The average Bonchev–Trinajstić information content (AvgIpc) is 3.03. The molecule has 0 saturated heterocycles. The fourth-order valence-electron chi connectivity index (χ4n) is 4.91. The standard InChI is InChI=1S/C28H36O3S/c1-21(30-16-15-22-9-4-2-5-10-22)31-28(29)20-32-19-26-14-8-13-25-17-23-11-6-3-7-12-24(23)18-27(25)26/h8,11-14,17-18,21-22H,2-7,9-10,15-16,19-20H2,1H3. The smallest absolute Gasteiger partial charge is 0.318 e. The highest BCUT2D eigenvalue weighted by Gasteiger charge is 2.15. The van der Waals surface area contributed by atoms with Gasteiger partial charge < -0.3 is 9.47 Å². The van der Waals surface area contributed by atoms with Crippen LogP contribution in [0.25, 0.3) is 22.9 Å². The molecule has 3 nitrogen and oxygen atoms in total. The lowest BCUT2D eigenvalue weighted by molar-refractivity contribution is -0.172. The molecule has 0 aliphatic heterocycles. The summed E-state index contributed by atoms with van der Waals surface area (Å²) in [4.78, 5) is 12.3. The molecule has 1 unspecified atom stereocenters. The summed E-state index contributed by atoms with van der Waals surface area (Å²) in [5.74, 6) is 1.73. The van der Waals surface area contributed by atoms with Crippen molar-refractivity contribution in [1.29, 1.82) is 0 Å². The van der Waals surface area contributed by atoms with Crippen molar-refractivity contribution in [3.63, 3.8) is 0 Å². The van der Waals surface area contributed by atoms with Gasteiger partial charge in [-0.3, -0.25) is 4.79 Å². The van der Waals surface area contributed by atoms with Crippen LogP contribution in [0.4, 0.5) is 0 Å². The summed E-state index contributed by atoms with van der Waals surface area (Å²) < 4.78 is 11.2. The van der Waals surface area contributed by atoms with Gasteiger partial charge in [-0.15, -0.1) is 11.8 Å². The molecule has 0 spiro atoms. The molecule has 4 rings (SSSR count). The summed E-state index contributed by atoms with van der Waals surface area (Å²) in [6.07, 6.45) is 15.5. The maximum Gasteiger partial charge on any atom is 0.318 e. The van der Waals surface area contributed by atoms with Gasteiger partial charge in [-0.05, 0) is 77.4 Å². The van der Waals surface area contributed by atoms with Crippen LogP contribution in [0.2, 0.25) is 0 Å². The van der Waals surface area contributed by atoms with Crippen LogP contribution < -0.4 is 10.4 Å². The Kier molecular flexibility index (Phi) is 8.69. The molecule has 1 atom stereocenters. The van der Waals surface area contributed by atoms with Gasteiger partial charge in [0.25, 0.3) is 0 Å². The van der Waals surface area contributed by atoms with Crippen LogP contribution in [0, 0.1) is 5.92 Å². The van der Waals surface area contributed by atoms with E-state index in [1.807, 2.05) is 6.92 Å². The highest BCUT2D eigenvalue weighted by Crippen LogP contribution is 2.26. The molecule has 1 fully saturated rings. The number of ether oxygens (including phenoxy) is 2. The summed E-state index contributed by atoms with van der Waals surface area (Å²) in [5.41, 5.74) is 1.28. The predicted molar refractivity (Wildman–Crippen MR) is 135 cm³/mol. The molecule has 0 radical (unpaired) electrons. The summed E-state index contributed by atoms with van der Waals surface area (Å²) in [5, 5.41) is 5.25. The zero-order valence-corrected chi connectivity index (χ0v) is 20.1. The van der Waals surface area contributed by atoms with E-state index in [0.29, 0.717) is 12.4 Å². The molecule has 2 aliphatic carbocycles. The van der Waals surface area contributed by atoms with Gasteiger partial charge in [0, 0.05) is 5.75 Å². The quantitative estimate of drug-likeness (QED) is 0.361. The zero-order chi connectivity index (χ0) is 22.2. The van der Waals surface area contributed by atoms with E-state index in [1.54, 1.807) is 11.8 Å². The van der Waals surface area contributed by atoms with E-state index in [-0.39, 0.29) is 5.97 Å². The molecule has 2 aromatic carbocycles. The van der Waals surface area contributed by atoms with Crippen molar-refractivity contribution in [1.82, 2.24) is 0 Å². The minimum atomic E-state index is -0.466. The largest absolute Gasteiger partial charge is 0.435 e. The molecule has 172 valence electrons. The number of hydrogen-bond acceptors (Lipinski definition) is 4. The topological polar surface area (TPSA) is 35.5 Å². The number of benzene rings is 2. The summed E-state index contributed by atoms with van der Waals surface area (Å²) in [6.45, 7) is 2.51. The molecule has 1 saturated carbocycles. The summed E-state index contributed by atoms with van der Waals surface area (Å²) in [6, 6.07) is 11.1. The Morgan fingerprint density at radius 3 is 2.66 bits per heavy atom. The van der Waals surface area contributed by atoms with E-state index in [4.69, 9.17) is 9.47 Å². The van der Waals surface area contributed by atoms with Gasteiger partial charge in [-0.2, -0.15) is 0 Å². The van der Waals surface area contributed by atoms with E-state index in [2.05, 4.69) is 42.5 Å². The number of fused-ring (bicyclic) bond motifs is 2. The summed E-state index contributed by atoms with van der Waals surface area (Å²) >= 11 is 1.61. The molecule has 0 aromatic heterocycles. The van der Waals surface area contributed by atoms with E-state index in [9.17, 15) is 4.79 Å². The number of carbonyl (C=O) groups excluding carboxylic acids is 1. The third-order valence-electron chi connectivity index (χ3n) is 6.69. The second kappa shape index (κ2) is 11.9. The van der Waals surface area contributed by atoms with Crippen molar-refractivity contribution in [3.8, 4) is 0 Å². The molecule has 2 aliphatic rings. The molecule has 2 aromatic rings. The van der Waals surface area contributed by atoms with Crippen LogP contribution in [0.5, 0.6) is 0 Å². The first-order valence-electron chi connectivity index (χ1n) is 12.3. The van der Waals surface area contributed by atoms with Crippen LogP contribution >= 0.6 is 11.8 Å². The molecule has 4 heteroatoms. The highest BCUT2D eigenvalue weighted by atomic mass is 32.2. The summed E-state index contributed by atoms with van der Waals surface area (Å²) in [7, 11) is 0. The van der Waals surface area contributed by atoms with Crippen molar-refractivity contribution in [3.05, 3.63) is 46.3 Å². The second-order valence-electron chi connectivity index (χ2n) is 9.17. The number of hydrogen-bond donors (Lipinski definition) is 0. The van der Waals surface area contributed by atoms with Gasteiger partial charge in [0.1, 0.15) is 0 Å². The number of thioether (sulfide) groups is 1. The highest BCUT2D eigenvalue weighted by molar-refractivity contribution is 7.99. The van der Waals surface area contributed by atoms with Crippen molar-refractivity contribution in [2.45, 2.75) is 76.8 Å². The van der Waals surface area contributed by atoms with E-state index >= 15 is 0 Å². The van der Waals surface area contributed by atoms with Crippen LogP contribution in [-0.4, -0.2) is 24.6 Å². The van der Waals surface area contributed by atoms with Gasteiger partial charge in [0.05, 0.1) is 12.4 Å². The lowest BCUT2D eigenvalue weighted by atomic mass is 9.87. The normalized spacial score (nSPS) is 17.7. The lowest BCUT2D eigenvalue weighted by Gasteiger charge is -2.22. The van der Waals surface area contributed by atoms with Crippen LogP contribution in [0.3, 0.4) is 0 Å².